The van der Waals surface area contributed by atoms with E-state index in [9.17, 15) is 8.42 Å². The second-order valence-electron chi connectivity index (χ2n) is 2.19. The van der Waals surface area contributed by atoms with E-state index < -0.39 is 22.9 Å². The molecule has 0 spiro atoms. The van der Waals surface area contributed by atoms with Crippen LogP contribution in [0.25, 0.3) is 0 Å². The molecule has 0 bridgehead atoms. The molecule has 0 amide bonds. The van der Waals surface area contributed by atoms with E-state index in [0.29, 0.717) is 0 Å². The zero-order valence-corrected chi connectivity index (χ0v) is 7.63. The van der Waals surface area contributed by atoms with Gasteiger partial charge in [0.15, 0.2) is 0 Å². The third-order valence-electron chi connectivity index (χ3n) is 1.05. The van der Waals surface area contributed by atoms with E-state index in [0.717, 1.165) is 0 Å². The molecule has 4 N–H and O–H groups in total. The first-order valence-corrected chi connectivity index (χ1v) is 5.03. The Morgan fingerprint density at radius 2 is 2.00 bits per heavy atom. The van der Waals surface area contributed by atoms with Crippen LogP contribution in [-0.2, 0) is 10.2 Å². The summed E-state index contributed by atoms with van der Waals surface area (Å²) in [5, 5.41) is 17.1. The highest BCUT2D eigenvalue weighted by Crippen LogP contribution is 1.80. The van der Waals surface area contributed by atoms with Crippen LogP contribution in [0.5, 0.6) is 0 Å². The summed E-state index contributed by atoms with van der Waals surface area (Å²) in [6, 6.07) is 0. The van der Waals surface area contributed by atoms with E-state index in [-0.39, 0.29) is 13.1 Å². The molecular weight excluding hydrogens is 184 g/mol. The van der Waals surface area contributed by atoms with Gasteiger partial charge in [-0.25, -0.2) is 4.72 Å². The zero-order valence-electron chi connectivity index (χ0n) is 6.82. The molecule has 1 unspecified atom stereocenters. The first-order chi connectivity index (χ1) is 5.52. The van der Waals surface area contributed by atoms with Gasteiger partial charge in [0, 0.05) is 13.1 Å². The quantitative estimate of drug-likeness (QED) is 0.388. The predicted octanol–water partition coefficient (Wildman–Crippen LogP) is -2.22. The summed E-state index contributed by atoms with van der Waals surface area (Å²) in [6.07, 6.45) is -1.06. The summed E-state index contributed by atoms with van der Waals surface area (Å²) in [6.45, 7) is 1.27. The average molecular weight is 198 g/mol. The molecule has 1 atom stereocenters. The molecule has 0 radical (unpaired) electrons. The van der Waals surface area contributed by atoms with Gasteiger partial charge in [-0.15, -0.1) is 0 Å². The van der Waals surface area contributed by atoms with E-state index >= 15 is 0 Å². The molecule has 0 fully saturated rings. The van der Waals surface area contributed by atoms with Crippen molar-refractivity contribution in [2.45, 2.75) is 13.0 Å². The molecule has 0 rings (SSSR count). The lowest BCUT2D eigenvalue weighted by molar-refractivity contribution is 0.0987. The maximum atomic E-state index is 10.8. The van der Waals surface area contributed by atoms with Crippen molar-refractivity contribution in [1.82, 2.24) is 9.44 Å². The Labute approximate surface area is 71.8 Å². The molecule has 12 heavy (non-hydrogen) atoms. The normalized spacial score (nSPS) is 14.6. The third-order valence-corrected chi connectivity index (χ3v) is 2.27. The standard InChI is InChI=1S/C5H14N2O4S/c1-2-6-12(10,11)7-3-5(9)4-8/h5-9H,2-4H2,1H3. The first kappa shape index (κ1) is 11.8. The highest BCUT2D eigenvalue weighted by molar-refractivity contribution is 7.87. The van der Waals surface area contributed by atoms with E-state index in [1.54, 1.807) is 6.92 Å². The molecular formula is C5H14N2O4S. The van der Waals surface area contributed by atoms with Crippen LogP contribution in [0, 0.1) is 0 Å². The zero-order chi connectivity index (χ0) is 9.61. The summed E-state index contributed by atoms with van der Waals surface area (Å²) in [5.41, 5.74) is 0. The predicted molar refractivity (Wildman–Crippen MR) is 43.7 cm³/mol. The summed E-state index contributed by atoms with van der Waals surface area (Å²) >= 11 is 0. The van der Waals surface area contributed by atoms with E-state index in [2.05, 4.69) is 9.44 Å². The van der Waals surface area contributed by atoms with Crippen LogP contribution in [0.2, 0.25) is 0 Å². The van der Waals surface area contributed by atoms with E-state index in [1.165, 1.54) is 0 Å². The van der Waals surface area contributed by atoms with Crippen molar-refractivity contribution in [2.24, 2.45) is 0 Å². The number of hydrogen-bond acceptors (Lipinski definition) is 4. The van der Waals surface area contributed by atoms with Gasteiger partial charge in [0.25, 0.3) is 10.2 Å². The fourth-order valence-electron chi connectivity index (χ4n) is 0.512. The fourth-order valence-corrected chi connectivity index (χ4v) is 1.41. The molecule has 0 aliphatic carbocycles. The largest absolute Gasteiger partial charge is 0.394 e. The molecule has 0 aliphatic heterocycles. The summed E-state index contributed by atoms with van der Waals surface area (Å²) in [7, 11) is -3.51. The van der Waals surface area contributed by atoms with Crippen molar-refractivity contribution < 1.29 is 18.6 Å². The van der Waals surface area contributed by atoms with Crippen molar-refractivity contribution >= 4 is 10.2 Å². The maximum absolute atomic E-state index is 10.8. The SMILES string of the molecule is CCNS(=O)(=O)NCC(O)CO. The third kappa shape index (κ3) is 5.44. The minimum Gasteiger partial charge on any atom is -0.394 e. The van der Waals surface area contributed by atoms with Gasteiger partial charge in [-0.2, -0.15) is 13.1 Å². The number of aliphatic hydroxyl groups excluding tert-OH is 2. The maximum Gasteiger partial charge on any atom is 0.276 e. The lowest BCUT2D eigenvalue weighted by Crippen LogP contribution is -2.41. The van der Waals surface area contributed by atoms with Gasteiger partial charge in [0.1, 0.15) is 0 Å². The highest BCUT2D eigenvalue weighted by Gasteiger charge is 2.09. The molecule has 0 aromatic carbocycles. The smallest absolute Gasteiger partial charge is 0.276 e. The Balaban J connectivity index is 3.76. The molecule has 0 heterocycles. The van der Waals surface area contributed by atoms with Crippen molar-refractivity contribution in [2.75, 3.05) is 19.7 Å². The van der Waals surface area contributed by atoms with Gasteiger partial charge in [-0.1, -0.05) is 6.92 Å². The molecule has 0 saturated carbocycles. The second kappa shape index (κ2) is 5.44. The number of nitrogens with one attached hydrogen (secondary N) is 2. The van der Waals surface area contributed by atoms with Crippen molar-refractivity contribution in [3.63, 3.8) is 0 Å². The van der Waals surface area contributed by atoms with Crippen LogP contribution in [0.1, 0.15) is 6.92 Å². The van der Waals surface area contributed by atoms with Crippen molar-refractivity contribution in [3.8, 4) is 0 Å². The van der Waals surface area contributed by atoms with Crippen LogP contribution in [0.15, 0.2) is 0 Å². The Hall–Kier alpha value is -0.210. The van der Waals surface area contributed by atoms with Crippen molar-refractivity contribution in [1.29, 1.82) is 0 Å². The van der Waals surface area contributed by atoms with Crippen LogP contribution >= 0.6 is 0 Å². The Kier molecular flexibility index (Phi) is 5.34. The minimum absolute atomic E-state index is 0.189. The van der Waals surface area contributed by atoms with Crippen LogP contribution < -0.4 is 9.44 Å². The minimum atomic E-state index is -3.51. The van der Waals surface area contributed by atoms with E-state index in [4.69, 9.17) is 10.2 Å². The van der Waals surface area contributed by atoms with Crippen LogP contribution in [0.3, 0.4) is 0 Å². The van der Waals surface area contributed by atoms with Gasteiger partial charge in [0.2, 0.25) is 0 Å². The van der Waals surface area contributed by atoms with Crippen LogP contribution in [0.4, 0.5) is 0 Å². The fraction of sp³-hybridized carbons (Fsp3) is 1.00. The highest BCUT2D eigenvalue weighted by atomic mass is 32.2. The molecule has 0 aliphatic rings. The Morgan fingerprint density at radius 3 is 2.42 bits per heavy atom. The molecule has 6 nitrogen and oxygen atoms in total. The van der Waals surface area contributed by atoms with Gasteiger partial charge in [0.05, 0.1) is 12.7 Å². The topological polar surface area (TPSA) is 98.7 Å². The molecule has 0 saturated heterocycles. The monoisotopic (exact) mass is 198 g/mol. The number of hydrogen-bond donors (Lipinski definition) is 4. The summed E-state index contributed by atoms with van der Waals surface area (Å²) in [5.74, 6) is 0. The summed E-state index contributed by atoms with van der Waals surface area (Å²) in [4.78, 5) is 0. The number of rotatable bonds is 6. The molecule has 7 heteroatoms. The van der Waals surface area contributed by atoms with Gasteiger partial charge in [-0.3, -0.25) is 0 Å². The average Bonchev–Trinajstić information content (AvgIpc) is 2.00. The first-order valence-electron chi connectivity index (χ1n) is 3.55. The Morgan fingerprint density at radius 1 is 1.42 bits per heavy atom. The summed E-state index contributed by atoms with van der Waals surface area (Å²) < 4.78 is 25.9. The van der Waals surface area contributed by atoms with Gasteiger partial charge in [-0.05, 0) is 0 Å². The molecule has 74 valence electrons. The van der Waals surface area contributed by atoms with E-state index in [1.807, 2.05) is 0 Å². The number of aliphatic hydroxyl groups is 2. The molecule has 0 aromatic heterocycles. The lowest BCUT2D eigenvalue weighted by atomic mass is 10.4. The van der Waals surface area contributed by atoms with Gasteiger partial charge >= 0.3 is 0 Å². The molecule has 0 aromatic rings. The lowest BCUT2D eigenvalue weighted by Gasteiger charge is -2.09. The van der Waals surface area contributed by atoms with Crippen LogP contribution in [-0.4, -0.2) is 44.4 Å². The van der Waals surface area contributed by atoms with Crippen molar-refractivity contribution in [3.05, 3.63) is 0 Å². The second-order valence-corrected chi connectivity index (χ2v) is 3.77. The van der Waals surface area contributed by atoms with Gasteiger partial charge < -0.3 is 10.2 Å². The Bertz CT molecular complexity index is 203.